The summed E-state index contributed by atoms with van der Waals surface area (Å²) < 4.78 is 19.1. The second-order valence-electron chi connectivity index (χ2n) is 8.11. The van der Waals surface area contributed by atoms with Crippen molar-refractivity contribution in [1.29, 1.82) is 0 Å². The molecule has 0 spiro atoms. The van der Waals surface area contributed by atoms with Gasteiger partial charge in [-0.1, -0.05) is 40.5 Å². The van der Waals surface area contributed by atoms with Crippen molar-refractivity contribution in [3.8, 4) is 5.75 Å². The van der Waals surface area contributed by atoms with Crippen LogP contribution in [-0.4, -0.2) is 33.7 Å². The van der Waals surface area contributed by atoms with Crippen LogP contribution < -0.4 is 4.74 Å². The number of ketones is 1. The molecule has 0 saturated carbocycles. The molecule has 1 heterocycles. The first-order valence-electron chi connectivity index (χ1n) is 10.0. The van der Waals surface area contributed by atoms with Gasteiger partial charge in [0.1, 0.15) is 17.1 Å². The lowest BCUT2D eigenvalue weighted by Gasteiger charge is -2.39. The fourth-order valence-electron chi connectivity index (χ4n) is 3.50. The van der Waals surface area contributed by atoms with Crippen LogP contribution in [0.5, 0.6) is 5.75 Å². The summed E-state index contributed by atoms with van der Waals surface area (Å²) in [6, 6.07) is 5.65. The Kier molecular flexibility index (Phi) is 7.32. The van der Waals surface area contributed by atoms with E-state index >= 15 is 0 Å². The molecule has 1 aliphatic heterocycles. The SMILES string of the molecule is CCCCC1(C(=S)Oc2ccc(F)cc2)CCCN1C(=O)C(=O)C(C)(C)CC. The number of hydrogen-bond acceptors (Lipinski definition) is 4. The Bertz CT molecular complexity index is 732. The molecule has 28 heavy (non-hydrogen) atoms. The first kappa shape index (κ1) is 22.5. The first-order valence-corrected chi connectivity index (χ1v) is 10.4. The zero-order valence-corrected chi connectivity index (χ0v) is 18.0. The molecular weight excluding hydrogens is 377 g/mol. The number of thiocarbonyl (C=S) groups is 1. The third kappa shape index (κ3) is 4.59. The number of carbonyl (C=O) groups is 2. The van der Waals surface area contributed by atoms with Crippen molar-refractivity contribution in [3.63, 3.8) is 0 Å². The molecule has 1 unspecified atom stereocenters. The largest absolute Gasteiger partial charge is 0.448 e. The normalized spacial score (nSPS) is 19.5. The van der Waals surface area contributed by atoms with Gasteiger partial charge in [-0.2, -0.15) is 0 Å². The molecule has 1 saturated heterocycles. The van der Waals surface area contributed by atoms with E-state index in [-0.39, 0.29) is 16.7 Å². The summed E-state index contributed by atoms with van der Waals surface area (Å²) in [4.78, 5) is 27.6. The van der Waals surface area contributed by atoms with Crippen molar-refractivity contribution in [2.24, 2.45) is 5.41 Å². The fraction of sp³-hybridized carbons (Fsp3) is 0.591. The van der Waals surface area contributed by atoms with Crippen molar-refractivity contribution in [2.45, 2.75) is 71.8 Å². The summed E-state index contributed by atoms with van der Waals surface area (Å²) >= 11 is 5.64. The number of rotatable bonds is 8. The highest BCUT2D eigenvalue weighted by Crippen LogP contribution is 2.38. The number of Topliss-reactive ketones (excluding diaryl/α,β-unsaturated/α-hetero) is 1. The minimum Gasteiger partial charge on any atom is -0.448 e. The van der Waals surface area contributed by atoms with E-state index in [9.17, 15) is 14.0 Å². The van der Waals surface area contributed by atoms with Crippen LogP contribution in [0.15, 0.2) is 24.3 Å². The Balaban J connectivity index is 2.33. The molecule has 1 amide bonds. The van der Waals surface area contributed by atoms with Crippen LogP contribution in [-0.2, 0) is 9.59 Å². The molecule has 0 bridgehead atoms. The number of ether oxygens (including phenoxy) is 1. The Morgan fingerprint density at radius 3 is 2.46 bits per heavy atom. The third-order valence-electron chi connectivity index (χ3n) is 5.77. The maximum atomic E-state index is 13.2. The van der Waals surface area contributed by atoms with Gasteiger partial charge < -0.3 is 9.64 Å². The van der Waals surface area contributed by atoms with Gasteiger partial charge in [0.05, 0.1) is 0 Å². The number of unbranched alkanes of at least 4 members (excludes halogenated alkanes) is 1. The van der Waals surface area contributed by atoms with Crippen LogP contribution >= 0.6 is 12.2 Å². The molecule has 0 aromatic heterocycles. The first-order chi connectivity index (χ1) is 13.2. The van der Waals surface area contributed by atoms with E-state index in [1.54, 1.807) is 18.7 Å². The van der Waals surface area contributed by atoms with Crippen LogP contribution in [0.2, 0.25) is 0 Å². The van der Waals surface area contributed by atoms with E-state index in [2.05, 4.69) is 6.92 Å². The van der Waals surface area contributed by atoms with Crippen molar-refractivity contribution >= 4 is 29.0 Å². The molecule has 0 radical (unpaired) electrons. The maximum absolute atomic E-state index is 13.2. The van der Waals surface area contributed by atoms with Gasteiger partial charge in [-0.3, -0.25) is 9.59 Å². The molecule has 2 rings (SSSR count). The molecule has 1 aromatic carbocycles. The molecule has 1 aliphatic rings. The van der Waals surface area contributed by atoms with Gasteiger partial charge in [0.15, 0.2) is 5.05 Å². The van der Waals surface area contributed by atoms with Gasteiger partial charge in [0, 0.05) is 12.0 Å². The van der Waals surface area contributed by atoms with Crippen molar-refractivity contribution in [2.75, 3.05) is 6.54 Å². The molecule has 154 valence electrons. The monoisotopic (exact) mass is 407 g/mol. The van der Waals surface area contributed by atoms with Gasteiger partial charge in [-0.25, -0.2) is 4.39 Å². The number of hydrogen-bond donors (Lipinski definition) is 0. The molecule has 6 heteroatoms. The molecular formula is C22H30FNO3S. The Labute approximate surface area is 172 Å². The smallest absolute Gasteiger partial charge is 0.291 e. The second kappa shape index (κ2) is 9.12. The summed E-state index contributed by atoms with van der Waals surface area (Å²) in [5.41, 5.74) is -1.49. The minimum atomic E-state index is -0.781. The second-order valence-corrected chi connectivity index (χ2v) is 8.48. The highest BCUT2D eigenvalue weighted by atomic mass is 32.1. The highest BCUT2D eigenvalue weighted by Gasteiger charge is 2.50. The maximum Gasteiger partial charge on any atom is 0.291 e. The van der Waals surface area contributed by atoms with Crippen LogP contribution in [0.3, 0.4) is 0 Å². The van der Waals surface area contributed by atoms with E-state index in [1.807, 2.05) is 6.92 Å². The topological polar surface area (TPSA) is 46.6 Å². The van der Waals surface area contributed by atoms with E-state index < -0.39 is 16.9 Å². The predicted molar refractivity (Wildman–Crippen MR) is 112 cm³/mol. The van der Waals surface area contributed by atoms with Gasteiger partial charge in [0.25, 0.3) is 5.91 Å². The highest BCUT2D eigenvalue weighted by molar-refractivity contribution is 7.80. The number of halogens is 1. The predicted octanol–water partition coefficient (Wildman–Crippen LogP) is 5.09. The molecule has 0 aliphatic carbocycles. The van der Waals surface area contributed by atoms with Gasteiger partial charge >= 0.3 is 0 Å². The van der Waals surface area contributed by atoms with E-state index in [0.29, 0.717) is 31.6 Å². The average molecular weight is 408 g/mol. The van der Waals surface area contributed by atoms with E-state index in [0.717, 1.165) is 19.3 Å². The van der Waals surface area contributed by atoms with Crippen LogP contribution in [0.25, 0.3) is 0 Å². The minimum absolute atomic E-state index is 0.278. The van der Waals surface area contributed by atoms with Crippen molar-refractivity contribution in [3.05, 3.63) is 30.1 Å². The standard InChI is InChI=1S/C22H30FNO3S/c1-5-7-13-22(20(28)27-17-11-9-16(23)10-12-17)14-8-15-24(22)19(26)18(25)21(3,4)6-2/h9-12H,5-8,13-15H2,1-4H3. The molecule has 4 nitrogen and oxygen atoms in total. The molecule has 1 fully saturated rings. The summed E-state index contributed by atoms with van der Waals surface area (Å²) in [6.45, 7) is 8.06. The van der Waals surface area contributed by atoms with E-state index in [1.165, 1.54) is 24.3 Å². The lowest BCUT2D eigenvalue weighted by molar-refractivity contribution is -0.151. The molecule has 1 aromatic rings. The van der Waals surface area contributed by atoms with Crippen molar-refractivity contribution in [1.82, 2.24) is 4.90 Å². The van der Waals surface area contributed by atoms with Crippen molar-refractivity contribution < 1.29 is 18.7 Å². The fourth-order valence-corrected chi connectivity index (χ4v) is 3.91. The lowest BCUT2D eigenvalue weighted by atomic mass is 9.83. The molecule has 0 N–H and O–H groups in total. The number of carbonyl (C=O) groups excluding carboxylic acids is 2. The third-order valence-corrected chi connectivity index (χ3v) is 6.24. The van der Waals surface area contributed by atoms with E-state index in [4.69, 9.17) is 17.0 Å². The molecule has 1 atom stereocenters. The Morgan fingerprint density at radius 2 is 1.89 bits per heavy atom. The summed E-state index contributed by atoms with van der Waals surface area (Å²) in [5.74, 6) is -0.793. The number of amides is 1. The zero-order chi connectivity index (χ0) is 20.9. The quantitative estimate of drug-likeness (QED) is 0.445. The average Bonchev–Trinajstić information content (AvgIpc) is 3.12. The number of benzene rings is 1. The van der Waals surface area contributed by atoms with Gasteiger partial charge in [-0.05, 0) is 62.2 Å². The summed E-state index contributed by atoms with van der Waals surface area (Å²) in [7, 11) is 0. The summed E-state index contributed by atoms with van der Waals surface area (Å²) in [5, 5.41) is 0.278. The van der Waals surface area contributed by atoms with Crippen LogP contribution in [0.1, 0.15) is 66.2 Å². The van der Waals surface area contributed by atoms with Gasteiger partial charge in [0.2, 0.25) is 5.78 Å². The zero-order valence-electron chi connectivity index (χ0n) is 17.2. The number of likely N-dealkylation sites (tertiary alicyclic amines) is 1. The number of nitrogens with zero attached hydrogens (tertiary/aromatic N) is 1. The van der Waals surface area contributed by atoms with Crippen LogP contribution in [0.4, 0.5) is 4.39 Å². The summed E-state index contributed by atoms with van der Waals surface area (Å²) in [6.07, 6.45) is 4.47. The Hall–Kier alpha value is -1.82. The Morgan fingerprint density at radius 1 is 1.25 bits per heavy atom. The van der Waals surface area contributed by atoms with Gasteiger partial charge in [-0.15, -0.1) is 0 Å². The van der Waals surface area contributed by atoms with Crippen LogP contribution in [0, 0.1) is 11.2 Å². The lowest BCUT2D eigenvalue weighted by Crippen LogP contribution is -2.57.